The molecule has 0 saturated carbocycles. The van der Waals surface area contributed by atoms with E-state index in [9.17, 15) is 23.1 Å². The molecule has 1 aliphatic rings. The lowest BCUT2D eigenvalue weighted by atomic mass is 10.00. The summed E-state index contributed by atoms with van der Waals surface area (Å²) < 4.78 is 24.9. The number of amides is 2. The zero-order valence-electron chi connectivity index (χ0n) is 13.9. The minimum atomic E-state index is -3.47. The second-order valence-corrected chi connectivity index (χ2v) is 7.86. The van der Waals surface area contributed by atoms with E-state index in [1.807, 2.05) is 20.8 Å². The van der Waals surface area contributed by atoms with E-state index in [0.29, 0.717) is 6.54 Å². The van der Waals surface area contributed by atoms with Gasteiger partial charge >= 0.3 is 12.0 Å². The van der Waals surface area contributed by atoms with Gasteiger partial charge in [0.15, 0.2) is 0 Å². The minimum Gasteiger partial charge on any atom is -0.481 e. The van der Waals surface area contributed by atoms with Gasteiger partial charge in [-0.15, -0.1) is 0 Å². The zero-order valence-corrected chi connectivity index (χ0v) is 14.7. The number of carboxylic acids is 1. The SMILES string of the molecule is CCN(C(=O)N1C[C@H](C(=O)O)[C@H](N)[C@H]1CNS(C)(=O)=O)C(C)C. The quantitative estimate of drug-likeness (QED) is 0.568. The summed E-state index contributed by atoms with van der Waals surface area (Å²) in [6.45, 7) is 5.87. The van der Waals surface area contributed by atoms with Crippen LogP contribution in [-0.4, -0.2) is 79.3 Å². The van der Waals surface area contributed by atoms with E-state index in [2.05, 4.69) is 4.72 Å². The maximum atomic E-state index is 12.7. The number of nitrogens with two attached hydrogens (primary N) is 1. The summed E-state index contributed by atoms with van der Waals surface area (Å²) in [6.07, 6.45) is 1.00. The van der Waals surface area contributed by atoms with Crippen LogP contribution in [0.3, 0.4) is 0 Å². The number of hydrogen-bond donors (Lipinski definition) is 3. The molecule has 0 unspecified atom stereocenters. The number of urea groups is 1. The van der Waals surface area contributed by atoms with Crippen LogP contribution in [0.2, 0.25) is 0 Å². The average molecular weight is 350 g/mol. The summed E-state index contributed by atoms with van der Waals surface area (Å²) in [5.41, 5.74) is 5.97. The van der Waals surface area contributed by atoms with E-state index >= 15 is 0 Å². The largest absolute Gasteiger partial charge is 0.481 e. The molecule has 10 heteroatoms. The van der Waals surface area contributed by atoms with Gasteiger partial charge in [0.1, 0.15) is 0 Å². The molecular formula is C13H26N4O5S. The molecular weight excluding hydrogens is 324 g/mol. The summed E-state index contributed by atoms with van der Waals surface area (Å²) in [6, 6.07) is -1.93. The van der Waals surface area contributed by atoms with Crippen molar-refractivity contribution in [3.8, 4) is 0 Å². The molecule has 4 N–H and O–H groups in total. The van der Waals surface area contributed by atoms with Crippen molar-refractivity contribution in [2.45, 2.75) is 38.9 Å². The van der Waals surface area contributed by atoms with Crippen LogP contribution in [-0.2, 0) is 14.8 Å². The highest BCUT2D eigenvalue weighted by Crippen LogP contribution is 2.24. The molecule has 3 atom stereocenters. The van der Waals surface area contributed by atoms with Crippen molar-refractivity contribution in [2.24, 2.45) is 11.7 Å². The Labute approximate surface area is 136 Å². The van der Waals surface area contributed by atoms with Crippen molar-refractivity contribution in [1.29, 1.82) is 0 Å². The first kappa shape index (κ1) is 19.7. The molecule has 9 nitrogen and oxygen atoms in total. The lowest BCUT2D eigenvalue weighted by Crippen LogP contribution is -2.54. The van der Waals surface area contributed by atoms with E-state index < -0.39 is 34.0 Å². The lowest BCUT2D eigenvalue weighted by Gasteiger charge is -2.34. The third-order valence-corrected chi connectivity index (χ3v) is 4.72. The second-order valence-electron chi connectivity index (χ2n) is 6.02. The van der Waals surface area contributed by atoms with Crippen LogP contribution in [0.4, 0.5) is 4.79 Å². The van der Waals surface area contributed by atoms with Gasteiger partial charge in [0.05, 0.1) is 18.2 Å². The van der Waals surface area contributed by atoms with Crippen molar-refractivity contribution >= 4 is 22.0 Å². The third-order valence-electron chi connectivity index (χ3n) is 4.03. The first-order chi connectivity index (χ1) is 10.5. The molecule has 0 aromatic rings. The van der Waals surface area contributed by atoms with E-state index in [1.54, 1.807) is 4.90 Å². The van der Waals surface area contributed by atoms with E-state index in [4.69, 9.17) is 5.73 Å². The first-order valence-electron chi connectivity index (χ1n) is 7.49. The van der Waals surface area contributed by atoms with Crippen molar-refractivity contribution in [1.82, 2.24) is 14.5 Å². The Kier molecular flexibility index (Phi) is 6.37. The van der Waals surface area contributed by atoms with Crippen LogP contribution in [0.1, 0.15) is 20.8 Å². The summed E-state index contributed by atoms with van der Waals surface area (Å²) in [5, 5.41) is 9.26. The molecule has 0 aromatic carbocycles. The molecule has 1 heterocycles. The second kappa shape index (κ2) is 7.45. The van der Waals surface area contributed by atoms with Gasteiger partial charge in [-0.3, -0.25) is 4.79 Å². The van der Waals surface area contributed by atoms with Gasteiger partial charge in [-0.25, -0.2) is 17.9 Å². The van der Waals surface area contributed by atoms with Crippen LogP contribution < -0.4 is 10.5 Å². The van der Waals surface area contributed by atoms with E-state index in [1.165, 1.54) is 4.90 Å². The Hall–Kier alpha value is -1.39. The van der Waals surface area contributed by atoms with Gasteiger partial charge in [0.2, 0.25) is 10.0 Å². The first-order valence-corrected chi connectivity index (χ1v) is 9.39. The highest BCUT2D eigenvalue weighted by Gasteiger charge is 2.46. The maximum absolute atomic E-state index is 12.7. The lowest BCUT2D eigenvalue weighted by molar-refractivity contribution is -0.141. The number of aliphatic carboxylic acids is 1. The number of likely N-dealkylation sites (tertiary alicyclic amines) is 1. The van der Waals surface area contributed by atoms with Crippen molar-refractivity contribution in [2.75, 3.05) is 25.9 Å². The molecule has 0 spiro atoms. The maximum Gasteiger partial charge on any atom is 0.320 e. The number of carbonyl (C=O) groups excluding carboxylic acids is 1. The van der Waals surface area contributed by atoms with Crippen molar-refractivity contribution in [3.63, 3.8) is 0 Å². The normalized spacial score (nSPS) is 25.0. The molecule has 1 fully saturated rings. The van der Waals surface area contributed by atoms with Crippen molar-refractivity contribution < 1.29 is 23.1 Å². The Balaban J connectivity index is 3.04. The molecule has 134 valence electrons. The highest BCUT2D eigenvalue weighted by molar-refractivity contribution is 7.88. The minimum absolute atomic E-state index is 0.0331. The van der Waals surface area contributed by atoms with Crippen LogP contribution in [0.5, 0.6) is 0 Å². The average Bonchev–Trinajstić information content (AvgIpc) is 2.73. The molecule has 1 aliphatic heterocycles. The number of hydrogen-bond acceptors (Lipinski definition) is 5. The fourth-order valence-electron chi connectivity index (χ4n) is 2.78. The van der Waals surface area contributed by atoms with Gasteiger partial charge in [-0.1, -0.05) is 0 Å². The number of carboxylic acid groups (broad SMARTS) is 1. The summed E-state index contributed by atoms with van der Waals surface area (Å²) >= 11 is 0. The number of sulfonamides is 1. The molecule has 23 heavy (non-hydrogen) atoms. The predicted molar refractivity (Wildman–Crippen MR) is 85.4 cm³/mol. The Morgan fingerprint density at radius 3 is 2.39 bits per heavy atom. The molecule has 0 aromatic heterocycles. The molecule has 0 bridgehead atoms. The van der Waals surface area contributed by atoms with Gasteiger partial charge < -0.3 is 20.6 Å². The Morgan fingerprint density at radius 1 is 1.43 bits per heavy atom. The highest BCUT2D eigenvalue weighted by atomic mass is 32.2. The summed E-state index contributed by atoms with van der Waals surface area (Å²) in [7, 11) is -3.47. The van der Waals surface area contributed by atoms with Crippen LogP contribution in [0, 0.1) is 5.92 Å². The van der Waals surface area contributed by atoms with Crippen LogP contribution in [0.25, 0.3) is 0 Å². The molecule has 2 amide bonds. The molecule has 0 radical (unpaired) electrons. The summed E-state index contributed by atoms with van der Waals surface area (Å²) in [4.78, 5) is 27.0. The van der Waals surface area contributed by atoms with Crippen LogP contribution in [0.15, 0.2) is 0 Å². The molecule has 0 aliphatic carbocycles. The monoisotopic (exact) mass is 350 g/mol. The zero-order chi connectivity index (χ0) is 17.9. The fraction of sp³-hybridized carbons (Fsp3) is 0.846. The van der Waals surface area contributed by atoms with Gasteiger partial charge in [0.25, 0.3) is 0 Å². The number of nitrogens with zero attached hydrogens (tertiary/aromatic N) is 2. The van der Waals surface area contributed by atoms with Gasteiger partial charge in [-0.05, 0) is 20.8 Å². The number of carbonyl (C=O) groups is 2. The van der Waals surface area contributed by atoms with Crippen LogP contribution >= 0.6 is 0 Å². The van der Waals surface area contributed by atoms with Gasteiger partial charge in [-0.2, -0.15) is 0 Å². The molecule has 1 saturated heterocycles. The third kappa shape index (κ3) is 4.79. The predicted octanol–water partition coefficient (Wildman–Crippen LogP) is -0.902. The van der Waals surface area contributed by atoms with Crippen molar-refractivity contribution in [3.05, 3.63) is 0 Å². The number of nitrogens with one attached hydrogen (secondary N) is 1. The Morgan fingerprint density at radius 2 is 2.00 bits per heavy atom. The Bertz CT molecular complexity index is 551. The van der Waals surface area contributed by atoms with E-state index in [0.717, 1.165) is 6.26 Å². The van der Waals surface area contributed by atoms with Gasteiger partial charge in [0, 0.05) is 31.7 Å². The molecule has 1 rings (SSSR count). The fourth-order valence-corrected chi connectivity index (χ4v) is 3.25. The number of rotatable bonds is 6. The standard InChI is InChI=1S/C13H26N4O5S/c1-5-16(8(2)3)13(20)17-7-9(12(18)19)11(14)10(17)6-15-23(4,21)22/h8-11,15H,5-7,14H2,1-4H3,(H,18,19)/t9-,10+,11-/m0/s1. The smallest absolute Gasteiger partial charge is 0.320 e. The van der Waals surface area contributed by atoms with E-state index in [-0.39, 0.29) is 25.2 Å². The topological polar surface area (TPSA) is 133 Å². The summed E-state index contributed by atoms with van der Waals surface area (Å²) in [5.74, 6) is -2.01.